The molecule has 1 aliphatic carbocycles. The summed E-state index contributed by atoms with van der Waals surface area (Å²) in [6, 6.07) is 0. The minimum absolute atomic E-state index is 0. The van der Waals surface area contributed by atoms with Crippen molar-refractivity contribution in [2.75, 3.05) is 33.7 Å². The molecule has 0 aromatic heterocycles. The smallest absolute Gasteiger partial charge is 0.243 e. The van der Waals surface area contributed by atoms with Crippen LogP contribution in [-0.2, 0) is 4.79 Å². The summed E-state index contributed by atoms with van der Waals surface area (Å²) < 4.78 is 0. The lowest BCUT2D eigenvalue weighted by Crippen LogP contribution is -2.42. The molecule has 118 valence electrons. The molecule has 0 spiro atoms. The van der Waals surface area contributed by atoms with E-state index < -0.39 is 0 Å². The summed E-state index contributed by atoms with van der Waals surface area (Å²) in [7, 11) is 3.50. The van der Waals surface area contributed by atoms with E-state index in [-0.39, 0.29) is 36.4 Å². The summed E-state index contributed by atoms with van der Waals surface area (Å²) in [5, 5.41) is 6.55. The summed E-state index contributed by atoms with van der Waals surface area (Å²) >= 11 is 0. The number of nitrogens with zero attached hydrogens (tertiary/aromatic N) is 2. The van der Waals surface area contributed by atoms with E-state index in [1.165, 1.54) is 25.7 Å². The van der Waals surface area contributed by atoms with Gasteiger partial charge in [-0.15, -0.1) is 24.0 Å². The molecule has 5 nitrogen and oxygen atoms in total. The summed E-state index contributed by atoms with van der Waals surface area (Å²) in [5.74, 6) is 0.759. The second-order valence-corrected chi connectivity index (χ2v) is 5.85. The molecule has 0 atom stereocenters. The average molecular weight is 396 g/mol. The molecule has 0 radical (unpaired) electrons. The third-order valence-corrected chi connectivity index (χ3v) is 3.71. The van der Waals surface area contributed by atoms with Crippen molar-refractivity contribution in [2.45, 2.75) is 39.5 Å². The number of nitrogens with one attached hydrogen (secondary N) is 2. The predicted molar refractivity (Wildman–Crippen MR) is 94.7 cm³/mol. The maximum Gasteiger partial charge on any atom is 0.243 e. The number of hydrogen-bond acceptors (Lipinski definition) is 2. The van der Waals surface area contributed by atoms with Crippen molar-refractivity contribution in [2.24, 2.45) is 10.4 Å². The highest BCUT2D eigenvalue weighted by Crippen LogP contribution is 2.36. The Kier molecular flexibility index (Phi) is 9.16. The molecule has 0 aliphatic heterocycles. The van der Waals surface area contributed by atoms with E-state index >= 15 is 0 Å². The van der Waals surface area contributed by atoms with Crippen LogP contribution in [0.5, 0.6) is 0 Å². The van der Waals surface area contributed by atoms with Gasteiger partial charge in [0.1, 0.15) is 6.54 Å². The minimum atomic E-state index is 0. The van der Waals surface area contributed by atoms with E-state index in [0.29, 0.717) is 5.41 Å². The van der Waals surface area contributed by atoms with Crippen LogP contribution in [0.4, 0.5) is 0 Å². The fourth-order valence-electron chi connectivity index (χ4n) is 2.33. The summed E-state index contributed by atoms with van der Waals surface area (Å²) in [6.45, 7) is 6.27. The van der Waals surface area contributed by atoms with E-state index in [1.807, 2.05) is 6.92 Å². The number of rotatable bonds is 5. The van der Waals surface area contributed by atoms with Crippen molar-refractivity contribution in [3.63, 3.8) is 0 Å². The molecular weight excluding hydrogens is 367 g/mol. The summed E-state index contributed by atoms with van der Waals surface area (Å²) in [5.41, 5.74) is 0.377. The van der Waals surface area contributed by atoms with Gasteiger partial charge in [-0.1, -0.05) is 19.8 Å². The first-order chi connectivity index (χ1) is 8.97. The van der Waals surface area contributed by atoms with E-state index in [9.17, 15) is 4.79 Å². The molecule has 20 heavy (non-hydrogen) atoms. The van der Waals surface area contributed by atoms with Crippen LogP contribution in [0.15, 0.2) is 4.99 Å². The predicted octanol–water partition coefficient (Wildman–Crippen LogP) is 1.83. The lowest BCUT2D eigenvalue weighted by molar-refractivity contribution is -0.127. The Morgan fingerprint density at radius 2 is 1.85 bits per heavy atom. The number of guanidine groups is 1. The lowest BCUT2D eigenvalue weighted by atomic mass is 9.89. The Morgan fingerprint density at radius 1 is 1.25 bits per heavy atom. The molecule has 0 heterocycles. The molecule has 1 rings (SSSR count). The van der Waals surface area contributed by atoms with Gasteiger partial charge in [-0.3, -0.25) is 4.79 Å². The maximum atomic E-state index is 11.5. The molecule has 0 bridgehead atoms. The second-order valence-electron chi connectivity index (χ2n) is 5.85. The summed E-state index contributed by atoms with van der Waals surface area (Å²) in [6.07, 6.45) is 5.20. The largest absolute Gasteiger partial charge is 0.357 e. The maximum absolute atomic E-state index is 11.5. The quantitative estimate of drug-likeness (QED) is 0.424. The zero-order valence-electron chi connectivity index (χ0n) is 13.2. The zero-order chi connectivity index (χ0) is 14.3. The van der Waals surface area contributed by atoms with Gasteiger partial charge in [0.2, 0.25) is 5.91 Å². The molecule has 0 aromatic carbocycles. The van der Waals surface area contributed by atoms with Gasteiger partial charge in [0.15, 0.2) is 5.96 Å². The Labute approximate surface area is 140 Å². The van der Waals surface area contributed by atoms with Gasteiger partial charge >= 0.3 is 0 Å². The van der Waals surface area contributed by atoms with Crippen molar-refractivity contribution in [1.82, 2.24) is 15.5 Å². The van der Waals surface area contributed by atoms with Crippen molar-refractivity contribution < 1.29 is 4.79 Å². The van der Waals surface area contributed by atoms with Crippen LogP contribution in [0.1, 0.15) is 39.5 Å². The number of amides is 1. The number of carbonyl (C=O) groups is 1. The molecule has 1 fully saturated rings. The summed E-state index contributed by atoms with van der Waals surface area (Å²) in [4.78, 5) is 17.4. The zero-order valence-corrected chi connectivity index (χ0v) is 15.5. The van der Waals surface area contributed by atoms with Crippen molar-refractivity contribution in [3.05, 3.63) is 0 Å². The molecule has 0 saturated heterocycles. The average Bonchev–Trinajstić information content (AvgIpc) is 2.79. The van der Waals surface area contributed by atoms with Gasteiger partial charge in [-0.2, -0.15) is 0 Å². The van der Waals surface area contributed by atoms with Gasteiger partial charge < -0.3 is 15.5 Å². The van der Waals surface area contributed by atoms with Crippen LogP contribution in [0.3, 0.4) is 0 Å². The number of likely N-dealkylation sites (N-methyl/N-ethyl adjacent to an activating group) is 1. The van der Waals surface area contributed by atoms with Gasteiger partial charge in [0.05, 0.1) is 0 Å². The number of hydrogen-bond donors (Lipinski definition) is 2. The van der Waals surface area contributed by atoms with Gasteiger partial charge in [0, 0.05) is 27.2 Å². The van der Waals surface area contributed by atoms with Crippen molar-refractivity contribution in [3.8, 4) is 0 Å². The van der Waals surface area contributed by atoms with Crippen LogP contribution in [-0.4, -0.2) is 50.5 Å². The number of carbonyl (C=O) groups excluding carboxylic acids is 1. The Bertz CT molecular complexity index is 325. The molecule has 0 unspecified atom stereocenters. The van der Waals surface area contributed by atoms with Crippen LogP contribution in [0.25, 0.3) is 0 Å². The van der Waals surface area contributed by atoms with E-state index in [0.717, 1.165) is 19.0 Å². The van der Waals surface area contributed by atoms with Crippen molar-refractivity contribution >= 4 is 35.8 Å². The standard InChI is InChI=1S/C14H28N4O.HI/c1-5-15-13(16-10-12(19)18(3)4)17-11-14(2)8-6-7-9-14;/h5-11H2,1-4H3,(H2,15,16,17);1H. The first-order valence-corrected chi connectivity index (χ1v) is 7.19. The van der Waals surface area contributed by atoms with Gasteiger partial charge in [-0.05, 0) is 25.2 Å². The molecule has 1 aliphatic rings. The number of aliphatic imine (C=N–C) groups is 1. The van der Waals surface area contributed by atoms with E-state index in [2.05, 4.69) is 22.5 Å². The van der Waals surface area contributed by atoms with E-state index in [4.69, 9.17) is 0 Å². The third kappa shape index (κ3) is 6.76. The van der Waals surface area contributed by atoms with Gasteiger partial charge in [0.25, 0.3) is 0 Å². The Balaban J connectivity index is 0.00000361. The molecular formula is C14H29IN4O. The minimum Gasteiger partial charge on any atom is -0.357 e. The SMILES string of the molecule is CCNC(=NCC(=O)N(C)C)NCC1(C)CCCC1.I. The second kappa shape index (κ2) is 9.41. The highest BCUT2D eigenvalue weighted by Gasteiger charge is 2.28. The number of halogens is 1. The van der Waals surface area contributed by atoms with E-state index in [1.54, 1.807) is 19.0 Å². The first kappa shape index (κ1) is 19.5. The third-order valence-electron chi connectivity index (χ3n) is 3.71. The molecule has 2 N–H and O–H groups in total. The fraction of sp³-hybridized carbons (Fsp3) is 0.857. The molecule has 1 saturated carbocycles. The van der Waals surface area contributed by atoms with Crippen LogP contribution < -0.4 is 10.6 Å². The Morgan fingerprint density at radius 3 is 2.35 bits per heavy atom. The highest BCUT2D eigenvalue weighted by atomic mass is 127. The van der Waals surface area contributed by atoms with Crippen LogP contribution in [0.2, 0.25) is 0 Å². The fourth-order valence-corrected chi connectivity index (χ4v) is 2.33. The highest BCUT2D eigenvalue weighted by molar-refractivity contribution is 14.0. The first-order valence-electron chi connectivity index (χ1n) is 7.19. The normalized spacial score (nSPS) is 17.3. The molecule has 6 heteroatoms. The Hall–Kier alpha value is -0.530. The topological polar surface area (TPSA) is 56.7 Å². The van der Waals surface area contributed by atoms with Crippen molar-refractivity contribution in [1.29, 1.82) is 0 Å². The van der Waals surface area contributed by atoms with Gasteiger partial charge in [-0.25, -0.2) is 4.99 Å². The molecule has 1 amide bonds. The molecule has 0 aromatic rings. The van der Waals surface area contributed by atoms with Crippen LogP contribution in [0, 0.1) is 5.41 Å². The lowest BCUT2D eigenvalue weighted by Gasteiger charge is -2.25. The van der Waals surface area contributed by atoms with Crippen LogP contribution >= 0.6 is 24.0 Å². The monoisotopic (exact) mass is 396 g/mol.